The summed E-state index contributed by atoms with van der Waals surface area (Å²) in [7, 11) is 0. The van der Waals surface area contributed by atoms with Crippen molar-refractivity contribution in [1.29, 1.82) is 5.26 Å². The Morgan fingerprint density at radius 3 is 2.96 bits per heavy atom. The van der Waals surface area contributed by atoms with Crippen LogP contribution in [0.25, 0.3) is 0 Å². The molecule has 1 aliphatic rings. The largest absolute Gasteiger partial charge is 0.371 e. The number of pyridine rings is 1. The van der Waals surface area contributed by atoms with E-state index >= 15 is 0 Å². The van der Waals surface area contributed by atoms with E-state index in [1.807, 2.05) is 6.07 Å². The molecule has 1 aromatic carbocycles. The van der Waals surface area contributed by atoms with Crippen molar-refractivity contribution < 1.29 is 13.9 Å². The van der Waals surface area contributed by atoms with Gasteiger partial charge in [-0.05, 0) is 29.8 Å². The van der Waals surface area contributed by atoms with Gasteiger partial charge in [0.25, 0.3) is 5.91 Å². The SMILES string of the molecule is N#Cc1cc(Cl)cc(C(=O)Nc2ccc(C3CNCCO3)cc2F)n1. The average Bonchev–Trinajstić information content (AvgIpc) is 2.63. The third kappa shape index (κ3) is 4.12. The van der Waals surface area contributed by atoms with Crippen LogP contribution in [0.2, 0.25) is 5.02 Å². The summed E-state index contributed by atoms with van der Waals surface area (Å²) in [6.45, 7) is 1.94. The van der Waals surface area contributed by atoms with Gasteiger partial charge in [0.2, 0.25) is 0 Å². The molecule has 0 spiro atoms. The van der Waals surface area contributed by atoms with E-state index in [1.54, 1.807) is 6.07 Å². The predicted octanol–water partition coefficient (Wildman–Crippen LogP) is 2.66. The number of aromatic nitrogens is 1. The molecule has 6 nitrogen and oxygen atoms in total. The van der Waals surface area contributed by atoms with Crippen molar-refractivity contribution in [3.63, 3.8) is 0 Å². The second kappa shape index (κ2) is 7.57. The smallest absolute Gasteiger partial charge is 0.274 e. The van der Waals surface area contributed by atoms with Crippen molar-refractivity contribution in [2.75, 3.05) is 25.0 Å². The lowest BCUT2D eigenvalue weighted by atomic mass is 10.1. The van der Waals surface area contributed by atoms with Crippen LogP contribution in [0.5, 0.6) is 0 Å². The minimum Gasteiger partial charge on any atom is -0.371 e. The van der Waals surface area contributed by atoms with Gasteiger partial charge in [-0.1, -0.05) is 17.7 Å². The molecule has 0 aliphatic carbocycles. The van der Waals surface area contributed by atoms with Crippen molar-refractivity contribution in [2.24, 2.45) is 0 Å². The Morgan fingerprint density at radius 1 is 1.44 bits per heavy atom. The Labute approximate surface area is 148 Å². The van der Waals surface area contributed by atoms with Crippen LogP contribution < -0.4 is 10.6 Å². The Bertz CT molecular complexity index is 847. The van der Waals surface area contributed by atoms with E-state index in [0.717, 1.165) is 6.54 Å². The van der Waals surface area contributed by atoms with Crippen LogP contribution in [0.15, 0.2) is 30.3 Å². The first-order chi connectivity index (χ1) is 12.1. The molecule has 25 heavy (non-hydrogen) atoms. The van der Waals surface area contributed by atoms with Gasteiger partial charge < -0.3 is 15.4 Å². The highest BCUT2D eigenvalue weighted by Crippen LogP contribution is 2.24. The van der Waals surface area contributed by atoms with Gasteiger partial charge in [0.15, 0.2) is 0 Å². The number of hydrogen-bond donors (Lipinski definition) is 2. The lowest BCUT2D eigenvalue weighted by Gasteiger charge is -2.24. The fraction of sp³-hybridized carbons (Fsp3) is 0.235. The van der Waals surface area contributed by atoms with Crippen molar-refractivity contribution in [3.8, 4) is 6.07 Å². The number of carbonyl (C=O) groups excluding carboxylic acids is 1. The van der Waals surface area contributed by atoms with Crippen LogP contribution in [-0.4, -0.2) is 30.6 Å². The number of ether oxygens (including phenoxy) is 1. The Kier molecular flexibility index (Phi) is 5.24. The summed E-state index contributed by atoms with van der Waals surface area (Å²) in [5.74, 6) is -1.23. The molecule has 1 atom stereocenters. The lowest BCUT2D eigenvalue weighted by molar-refractivity contribution is 0.0275. The topological polar surface area (TPSA) is 87.0 Å². The number of morpholine rings is 1. The normalized spacial score (nSPS) is 16.9. The van der Waals surface area contributed by atoms with Crippen LogP contribution in [0.3, 0.4) is 0 Å². The Morgan fingerprint density at radius 2 is 2.28 bits per heavy atom. The second-order valence-electron chi connectivity index (χ2n) is 5.42. The molecule has 8 heteroatoms. The summed E-state index contributed by atoms with van der Waals surface area (Å²) in [5.41, 5.74) is 0.649. The number of nitrogens with zero attached hydrogens (tertiary/aromatic N) is 2. The van der Waals surface area contributed by atoms with Gasteiger partial charge in [0.05, 0.1) is 18.4 Å². The molecule has 1 fully saturated rings. The van der Waals surface area contributed by atoms with E-state index in [0.29, 0.717) is 18.7 Å². The summed E-state index contributed by atoms with van der Waals surface area (Å²) in [6.07, 6.45) is -0.221. The molecule has 0 bridgehead atoms. The van der Waals surface area contributed by atoms with E-state index in [1.165, 1.54) is 24.3 Å². The maximum atomic E-state index is 14.3. The summed E-state index contributed by atoms with van der Waals surface area (Å²) < 4.78 is 19.9. The quantitative estimate of drug-likeness (QED) is 0.878. The van der Waals surface area contributed by atoms with Crippen LogP contribution in [-0.2, 0) is 4.74 Å². The molecule has 3 rings (SSSR count). The Balaban J connectivity index is 1.77. The lowest BCUT2D eigenvalue weighted by Crippen LogP contribution is -2.33. The molecule has 0 radical (unpaired) electrons. The molecule has 1 amide bonds. The minimum absolute atomic E-state index is 0.00965. The van der Waals surface area contributed by atoms with Crippen LogP contribution in [0.1, 0.15) is 27.8 Å². The minimum atomic E-state index is -0.652. The van der Waals surface area contributed by atoms with Gasteiger partial charge in [0.1, 0.15) is 23.3 Å². The number of carbonyl (C=O) groups is 1. The second-order valence-corrected chi connectivity index (χ2v) is 5.86. The summed E-state index contributed by atoms with van der Waals surface area (Å²) >= 11 is 5.85. The van der Waals surface area contributed by atoms with E-state index in [2.05, 4.69) is 15.6 Å². The van der Waals surface area contributed by atoms with Crippen molar-refractivity contribution in [3.05, 3.63) is 58.1 Å². The number of hydrogen-bond acceptors (Lipinski definition) is 5. The van der Waals surface area contributed by atoms with Crippen LogP contribution in [0, 0.1) is 17.1 Å². The summed E-state index contributed by atoms with van der Waals surface area (Å²) in [6, 6.07) is 8.96. The van der Waals surface area contributed by atoms with Crippen molar-refractivity contribution >= 4 is 23.2 Å². The number of amides is 1. The molecule has 1 aromatic heterocycles. The Hall–Kier alpha value is -2.53. The third-order valence-electron chi connectivity index (χ3n) is 3.68. The van der Waals surface area contributed by atoms with E-state index < -0.39 is 11.7 Å². The number of halogens is 2. The van der Waals surface area contributed by atoms with Gasteiger partial charge in [-0.2, -0.15) is 5.26 Å². The highest BCUT2D eigenvalue weighted by atomic mass is 35.5. The molecular formula is C17H14ClFN4O2. The number of nitriles is 1. The number of anilines is 1. The summed E-state index contributed by atoms with van der Waals surface area (Å²) in [5, 5.41) is 14.7. The average molecular weight is 361 g/mol. The predicted molar refractivity (Wildman–Crippen MR) is 89.9 cm³/mol. The first-order valence-corrected chi connectivity index (χ1v) is 7.95. The zero-order valence-electron chi connectivity index (χ0n) is 13.1. The fourth-order valence-electron chi connectivity index (χ4n) is 2.47. The van der Waals surface area contributed by atoms with Gasteiger partial charge in [-0.3, -0.25) is 4.79 Å². The van der Waals surface area contributed by atoms with Gasteiger partial charge in [0, 0.05) is 18.1 Å². The van der Waals surface area contributed by atoms with Gasteiger partial charge >= 0.3 is 0 Å². The summed E-state index contributed by atoms with van der Waals surface area (Å²) in [4.78, 5) is 16.1. The first kappa shape index (κ1) is 17.3. The zero-order chi connectivity index (χ0) is 17.8. The molecular weight excluding hydrogens is 347 g/mol. The maximum Gasteiger partial charge on any atom is 0.274 e. The van der Waals surface area contributed by atoms with E-state index in [4.69, 9.17) is 21.6 Å². The monoisotopic (exact) mass is 360 g/mol. The van der Waals surface area contributed by atoms with Gasteiger partial charge in [-0.25, -0.2) is 9.37 Å². The molecule has 2 aromatic rings. The third-order valence-corrected chi connectivity index (χ3v) is 3.90. The molecule has 1 saturated heterocycles. The van der Waals surface area contributed by atoms with Crippen molar-refractivity contribution in [1.82, 2.24) is 10.3 Å². The van der Waals surface area contributed by atoms with Gasteiger partial charge in [-0.15, -0.1) is 0 Å². The number of nitrogens with one attached hydrogen (secondary N) is 2. The maximum absolute atomic E-state index is 14.3. The molecule has 2 heterocycles. The number of rotatable bonds is 3. The molecule has 1 unspecified atom stereocenters. The molecule has 2 N–H and O–H groups in total. The first-order valence-electron chi connectivity index (χ1n) is 7.57. The van der Waals surface area contributed by atoms with Crippen LogP contribution in [0.4, 0.5) is 10.1 Å². The molecule has 0 saturated carbocycles. The highest BCUT2D eigenvalue weighted by Gasteiger charge is 2.18. The molecule has 1 aliphatic heterocycles. The van der Waals surface area contributed by atoms with Crippen LogP contribution >= 0.6 is 11.6 Å². The van der Waals surface area contributed by atoms with E-state index in [-0.39, 0.29) is 28.2 Å². The highest BCUT2D eigenvalue weighted by molar-refractivity contribution is 6.31. The number of benzene rings is 1. The molecule has 128 valence electrons. The van der Waals surface area contributed by atoms with E-state index in [9.17, 15) is 9.18 Å². The van der Waals surface area contributed by atoms with Crippen molar-refractivity contribution in [2.45, 2.75) is 6.10 Å². The zero-order valence-corrected chi connectivity index (χ0v) is 13.8. The standard InChI is InChI=1S/C17H14ClFN4O2/c18-11-6-12(8-20)22-15(7-11)17(24)23-14-2-1-10(5-13(14)19)16-9-21-3-4-25-16/h1-2,5-7,16,21H,3-4,9H2,(H,23,24). The fourth-order valence-corrected chi connectivity index (χ4v) is 2.68.